The van der Waals surface area contributed by atoms with Gasteiger partial charge in [-0.25, -0.2) is 8.78 Å². The number of benzene rings is 1. The molecule has 0 bridgehead atoms. The third-order valence-corrected chi connectivity index (χ3v) is 2.66. The molecule has 0 spiro atoms. The van der Waals surface area contributed by atoms with E-state index >= 15 is 0 Å². The number of nitrogens with zero attached hydrogens (tertiary/aromatic N) is 1. The van der Waals surface area contributed by atoms with E-state index in [9.17, 15) is 13.6 Å². The fraction of sp³-hybridized carbons (Fsp3) is 0.143. The molecule has 0 radical (unpaired) electrons. The molecular weight excluding hydrogens is 236 g/mol. The monoisotopic (exact) mass is 247 g/mol. The maximum atomic E-state index is 13.7. The zero-order valence-corrected chi connectivity index (χ0v) is 10.00. The van der Waals surface area contributed by atoms with Crippen molar-refractivity contribution in [1.29, 1.82) is 0 Å². The number of carbonyl (C=O) groups excluding carboxylic acids is 1. The molecule has 0 unspecified atom stereocenters. The summed E-state index contributed by atoms with van der Waals surface area (Å²) in [6, 6.07) is 4.26. The Hall–Kier alpha value is -2.10. The van der Waals surface area contributed by atoms with E-state index in [2.05, 4.69) is 4.98 Å². The third kappa shape index (κ3) is 2.14. The molecule has 0 atom stereocenters. The Morgan fingerprint density at radius 2 is 1.83 bits per heavy atom. The molecule has 2 aromatic rings. The van der Waals surface area contributed by atoms with E-state index in [1.54, 1.807) is 19.2 Å². The maximum Gasteiger partial charge on any atom is 0.197 e. The molecule has 1 heterocycles. The summed E-state index contributed by atoms with van der Waals surface area (Å²) in [5.41, 5.74) is 0.933. The molecule has 0 saturated heterocycles. The van der Waals surface area contributed by atoms with Gasteiger partial charge in [0, 0.05) is 18.0 Å². The normalized spacial score (nSPS) is 10.4. The van der Waals surface area contributed by atoms with E-state index < -0.39 is 17.4 Å². The highest BCUT2D eigenvalue weighted by Crippen LogP contribution is 2.19. The Kier molecular flexibility index (Phi) is 3.19. The van der Waals surface area contributed by atoms with E-state index in [1.165, 1.54) is 25.3 Å². The van der Waals surface area contributed by atoms with Gasteiger partial charge >= 0.3 is 0 Å². The molecule has 0 saturated carbocycles. The third-order valence-electron chi connectivity index (χ3n) is 2.66. The molecule has 4 heteroatoms. The minimum absolute atomic E-state index is 0.173. The Bertz CT molecular complexity index is 623. The van der Waals surface area contributed by atoms with Crippen molar-refractivity contribution >= 4 is 5.78 Å². The van der Waals surface area contributed by atoms with Crippen molar-refractivity contribution in [2.75, 3.05) is 0 Å². The highest BCUT2D eigenvalue weighted by atomic mass is 19.2. The summed E-state index contributed by atoms with van der Waals surface area (Å²) < 4.78 is 27.1. The molecule has 2 rings (SSSR count). The van der Waals surface area contributed by atoms with Gasteiger partial charge in [0.25, 0.3) is 0 Å². The molecule has 1 aromatic carbocycles. The van der Waals surface area contributed by atoms with Crippen LogP contribution in [0.2, 0.25) is 0 Å². The summed E-state index contributed by atoms with van der Waals surface area (Å²) in [5.74, 6) is -2.66. The van der Waals surface area contributed by atoms with Crippen molar-refractivity contribution in [2.24, 2.45) is 0 Å². The molecule has 0 N–H and O–H groups in total. The van der Waals surface area contributed by atoms with Crippen LogP contribution in [0.25, 0.3) is 0 Å². The van der Waals surface area contributed by atoms with E-state index in [1.807, 2.05) is 0 Å². The Labute approximate surface area is 103 Å². The van der Waals surface area contributed by atoms with Gasteiger partial charge in [-0.2, -0.15) is 0 Å². The molecule has 18 heavy (non-hydrogen) atoms. The lowest BCUT2D eigenvalue weighted by Crippen LogP contribution is -2.07. The maximum absolute atomic E-state index is 13.7. The van der Waals surface area contributed by atoms with Crippen molar-refractivity contribution in [3.05, 3.63) is 64.5 Å². The number of aryl methyl sites for hydroxylation is 2. The Morgan fingerprint density at radius 1 is 1.11 bits per heavy atom. The summed E-state index contributed by atoms with van der Waals surface area (Å²) in [6.45, 7) is 3.22. The van der Waals surface area contributed by atoms with Gasteiger partial charge in [-0.1, -0.05) is 6.07 Å². The average molecular weight is 247 g/mol. The average Bonchev–Trinajstić information content (AvgIpc) is 2.35. The van der Waals surface area contributed by atoms with Crippen molar-refractivity contribution in [1.82, 2.24) is 4.98 Å². The summed E-state index contributed by atoms with van der Waals surface area (Å²) in [5, 5.41) is 0. The number of hydrogen-bond acceptors (Lipinski definition) is 2. The van der Waals surface area contributed by atoms with Gasteiger partial charge in [-0.05, 0) is 37.1 Å². The van der Waals surface area contributed by atoms with Crippen LogP contribution < -0.4 is 0 Å². The smallest absolute Gasteiger partial charge is 0.197 e. The number of halogens is 2. The van der Waals surface area contributed by atoms with Crippen molar-refractivity contribution < 1.29 is 13.6 Å². The van der Waals surface area contributed by atoms with E-state index in [4.69, 9.17) is 0 Å². The highest BCUT2D eigenvalue weighted by molar-refractivity contribution is 6.09. The fourth-order valence-corrected chi connectivity index (χ4v) is 1.66. The lowest BCUT2D eigenvalue weighted by molar-refractivity contribution is 0.103. The second kappa shape index (κ2) is 4.64. The van der Waals surface area contributed by atoms with Crippen molar-refractivity contribution in [3.8, 4) is 0 Å². The topological polar surface area (TPSA) is 30.0 Å². The van der Waals surface area contributed by atoms with Crippen LogP contribution in [0.4, 0.5) is 8.78 Å². The summed E-state index contributed by atoms with van der Waals surface area (Å²) >= 11 is 0. The van der Waals surface area contributed by atoms with E-state index in [-0.39, 0.29) is 16.7 Å². The van der Waals surface area contributed by atoms with Crippen LogP contribution in [-0.2, 0) is 0 Å². The van der Waals surface area contributed by atoms with Crippen molar-refractivity contribution in [3.63, 3.8) is 0 Å². The fourth-order valence-electron chi connectivity index (χ4n) is 1.66. The van der Waals surface area contributed by atoms with Gasteiger partial charge in [0.05, 0.1) is 5.56 Å². The van der Waals surface area contributed by atoms with Gasteiger partial charge in [0.15, 0.2) is 17.4 Å². The highest BCUT2D eigenvalue weighted by Gasteiger charge is 2.18. The van der Waals surface area contributed by atoms with Crippen LogP contribution >= 0.6 is 0 Å². The Morgan fingerprint density at radius 3 is 2.50 bits per heavy atom. The summed E-state index contributed by atoms with van der Waals surface area (Å²) in [4.78, 5) is 15.9. The predicted octanol–water partition coefficient (Wildman–Crippen LogP) is 3.21. The number of pyridine rings is 1. The summed E-state index contributed by atoms with van der Waals surface area (Å²) in [6.07, 6.45) is 2.93. The minimum atomic E-state index is -1.11. The molecule has 0 aliphatic rings. The first-order valence-electron chi connectivity index (χ1n) is 5.41. The summed E-state index contributed by atoms with van der Waals surface area (Å²) in [7, 11) is 0. The molecule has 1 aromatic heterocycles. The second-order valence-electron chi connectivity index (χ2n) is 4.14. The zero-order valence-electron chi connectivity index (χ0n) is 10.00. The first kappa shape index (κ1) is 12.4. The molecule has 0 fully saturated rings. The minimum Gasteiger partial charge on any atom is -0.288 e. The van der Waals surface area contributed by atoms with E-state index in [0.717, 1.165) is 5.56 Å². The SMILES string of the molecule is Cc1cncc(C(=O)c2ccc(C)c(F)c2F)c1. The number of aromatic nitrogens is 1. The van der Waals surface area contributed by atoms with Crippen LogP contribution in [0.3, 0.4) is 0 Å². The quantitative estimate of drug-likeness (QED) is 0.763. The number of hydrogen-bond donors (Lipinski definition) is 0. The van der Waals surface area contributed by atoms with Crippen LogP contribution in [0.15, 0.2) is 30.6 Å². The zero-order chi connectivity index (χ0) is 13.3. The Balaban J connectivity index is 2.50. The lowest BCUT2D eigenvalue weighted by atomic mass is 10.0. The van der Waals surface area contributed by atoms with E-state index in [0.29, 0.717) is 0 Å². The van der Waals surface area contributed by atoms with Crippen LogP contribution in [0.5, 0.6) is 0 Å². The van der Waals surface area contributed by atoms with Gasteiger partial charge in [0.1, 0.15) is 0 Å². The molecule has 0 amide bonds. The van der Waals surface area contributed by atoms with Crippen LogP contribution in [0, 0.1) is 25.5 Å². The molecule has 0 aliphatic carbocycles. The first-order valence-corrected chi connectivity index (χ1v) is 5.41. The van der Waals surface area contributed by atoms with Gasteiger partial charge < -0.3 is 0 Å². The standard InChI is InChI=1S/C14H11F2NO/c1-8-5-10(7-17-6-8)14(18)11-4-3-9(2)12(15)13(11)16/h3-7H,1-2H3. The molecule has 2 nitrogen and oxygen atoms in total. The molecule has 92 valence electrons. The largest absolute Gasteiger partial charge is 0.288 e. The van der Waals surface area contributed by atoms with Crippen LogP contribution in [-0.4, -0.2) is 10.8 Å². The van der Waals surface area contributed by atoms with Crippen LogP contribution in [0.1, 0.15) is 27.0 Å². The number of rotatable bonds is 2. The van der Waals surface area contributed by atoms with Gasteiger partial charge in [-0.15, -0.1) is 0 Å². The second-order valence-corrected chi connectivity index (χ2v) is 4.14. The van der Waals surface area contributed by atoms with Gasteiger partial charge in [-0.3, -0.25) is 9.78 Å². The lowest BCUT2D eigenvalue weighted by Gasteiger charge is -2.05. The molecule has 0 aliphatic heterocycles. The van der Waals surface area contributed by atoms with Gasteiger partial charge in [0.2, 0.25) is 0 Å². The first-order chi connectivity index (χ1) is 8.50. The number of carbonyl (C=O) groups is 1. The van der Waals surface area contributed by atoms with Crippen molar-refractivity contribution in [2.45, 2.75) is 13.8 Å². The number of ketones is 1. The predicted molar refractivity (Wildman–Crippen MR) is 63.5 cm³/mol. The molecular formula is C14H11F2NO.